The van der Waals surface area contributed by atoms with E-state index in [1.165, 1.54) is 202 Å². The van der Waals surface area contributed by atoms with Crippen LogP contribution in [0.2, 0.25) is 0 Å². The molecule has 19 aromatic rings. The van der Waals surface area contributed by atoms with Gasteiger partial charge in [0.2, 0.25) is 0 Å². The Labute approximate surface area is 632 Å². The maximum Gasteiger partial charge on any atom is 0.252 e. The van der Waals surface area contributed by atoms with Crippen LogP contribution in [-0.2, 0) is 32.5 Å². The number of hydrogen-bond donors (Lipinski definition) is 0. The molecule has 2 aliphatic rings. The van der Waals surface area contributed by atoms with Gasteiger partial charge in [0.05, 0.1) is 55.3 Å². The van der Waals surface area contributed by atoms with Gasteiger partial charge in [0, 0.05) is 92.7 Å². The summed E-state index contributed by atoms with van der Waals surface area (Å²) in [6.07, 6.45) is 0. The highest BCUT2D eigenvalue weighted by Gasteiger charge is 2.44. The van der Waals surface area contributed by atoms with Crippen molar-refractivity contribution in [1.29, 1.82) is 0 Å². The van der Waals surface area contributed by atoms with Crippen molar-refractivity contribution in [3.05, 3.63) is 264 Å². The standard InChI is InChI=1S/C102H92BN5/c1-97(2,3)57-34-40-83-72(46-57)73-47-58(98(4,5)6)35-41-84(73)104(83)63-39-45-88-77(53-63)79-54-64(105-85-42-36-59(99(7,8)9)48-74(85)75-49-60(100(10,11)12)37-43-86(75)105)55-81-95(79)108(88)96-91-71-32-25-31-70-68-29-22-20-27-66(68)65-26-19-21-28-67(65)69-30-23-24-33-82(69)106(93(70)71)89(91)56-90-92(96)103(81)80-52-62(102(16,17)18)51-78-76-50-61(101(13,14)15)38-44-87(76)107(90)94(78)80/h19-56H,1-18H3. The summed E-state index contributed by atoms with van der Waals surface area (Å²) in [5, 5.41) is 20.0. The van der Waals surface area contributed by atoms with E-state index in [0.717, 1.165) is 16.9 Å². The molecule has 0 unspecified atom stereocenters. The zero-order valence-corrected chi connectivity index (χ0v) is 65.8. The lowest BCUT2D eigenvalue weighted by molar-refractivity contribution is 0.590. The van der Waals surface area contributed by atoms with E-state index < -0.39 is 0 Å². The second-order valence-corrected chi connectivity index (χ2v) is 38.2. The molecular formula is C102H92BN5. The summed E-state index contributed by atoms with van der Waals surface area (Å²) in [6.45, 7) is 42.3. The van der Waals surface area contributed by atoms with Gasteiger partial charge in [-0.3, -0.25) is 0 Å². The fourth-order valence-corrected chi connectivity index (χ4v) is 19.5. The van der Waals surface area contributed by atoms with E-state index in [1.807, 2.05) is 0 Å². The first-order chi connectivity index (χ1) is 51.4. The van der Waals surface area contributed by atoms with Gasteiger partial charge in [0.25, 0.3) is 6.71 Å². The Kier molecular flexibility index (Phi) is 12.9. The van der Waals surface area contributed by atoms with Crippen LogP contribution in [0.1, 0.15) is 158 Å². The Morgan fingerprint density at radius 2 is 0.574 bits per heavy atom. The highest BCUT2D eigenvalue weighted by Crippen LogP contribution is 2.50. The summed E-state index contributed by atoms with van der Waals surface area (Å²) >= 11 is 0. The Hall–Kier alpha value is -11.1. The van der Waals surface area contributed by atoms with Gasteiger partial charge in [0.1, 0.15) is 0 Å². The van der Waals surface area contributed by atoms with Crippen molar-refractivity contribution in [3.63, 3.8) is 0 Å². The van der Waals surface area contributed by atoms with Gasteiger partial charge in [-0.1, -0.05) is 246 Å². The summed E-state index contributed by atoms with van der Waals surface area (Å²) in [6, 6.07) is 92.1. The van der Waals surface area contributed by atoms with Gasteiger partial charge in [-0.2, -0.15) is 0 Å². The Balaban J connectivity index is 1.00. The predicted octanol–water partition coefficient (Wildman–Crippen LogP) is 25.6. The molecule has 8 heterocycles. The minimum atomic E-state index is -0.207. The molecule has 528 valence electrons. The minimum Gasteiger partial charge on any atom is -0.310 e. The third kappa shape index (κ3) is 8.95. The van der Waals surface area contributed by atoms with E-state index in [4.69, 9.17) is 0 Å². The molecule has 0 atom stereocenters. The Bertz CT molecular complexity index is 7200. The summed E-state index contributed by atoms with van der Waals surface area (Å²) in [7, 11) is 0. The molecular weight excluding hydrogens is 1310 g/mol. The lowest BCUT2D eigenvalue weighted by Gasteiger charge is -2.35. The van der Waals surface area contributed by atoms with Crippen molar-refractivity contribution in [3.8, 4) is 22.7 Å². The minimum absolute atomic E-state index is 0.0401. The van der Waals surface area contributed by atoms with E-state index in [9.17, 15) is 0 Å². The second-order valence-electron chi connectivity index (χ2n) is 38.2. The highest BCUT2D eigenvalue weighted by molar-refractivity contribution is 7.00. The molecule has 0 saturated carbocycles. The monoisotopic (exact) mass is 1400 g/mol. The third-order valence-electron chi connectivity index (χ3n) is 25.3. The molecule has 13 aromatic carbocycles. The fourth-order valence-electron chi connectivity index (χ4n) is 19.5. The van der Waals surface area contributed by atoms with Crippen LogP contribution < -0.4 is 16.4 Å². The van der Waals surface area contributed by atoms with Gasteiger partial charge in [-0.05, 0) is 213 Å². The summed E-state index contributed by atoms with van der Waals surface area (Å²) in [5.41, 5.74) is 29.7. The van der Waals surface area contributed by atoms with Gasteiger partial charge in [-0.25, -0.2) is 0 Å². The average Bonchev–Trinajstić information content (AvgIpc) is 1.47. The van der Waals surface area contributed by atoms with E-state index in [2.05, 4.69) is 378 Å². The van der Waals surface area contributed by atoms with E-state index in [0.29, 0.717) is 0 Å². The molecule has 0 amide bonds. The van der Waals surface area contributed by atoms with Crippen molar-refractivity contribution in [2.75, 3.05) is 0 Å². The van der Waals surface area contributed by atoms with Crippen molar-refractivity contribution >= 4 is 170 Å². The SMILES string of the molecule is CC(C)(C)c1ccc2c(c1)c1cc(C(C)(C)C)ccc1n2-c1ccc2c(c1)c1cc(-n3c4ccc(C(C)(C)C)cc4c4cc(C(C)(C)C)ccc43)cc3c1n2-c1c2c(cc4c1c1cccc5c6ccccc6c6ccccc6c6ccccc6n4c51)-n1c4ccc(C(C)(C)C)cc4c4cc(C(C)(C)C)cc(c41)B23. The van der Waals surface area contributed by atoms with Crippen molar-refractivity contribution in [2.24, 2.45) is 0 Å². The van der Waals surface area contributed by atoms with Crippen molar-refractivity contribution in [2.45, 2.75) is 157 Å². The zero-order valence-electron chi connectivity index (χ0n) is 65.8. The highest BCUT2D eigenvalue weighted by atomic mass is 15.1. The molecule has 0 aliphatic carbocycles. The van der Waals surface area contributed by atoms with Gasteiger partial charge in [-0.15, -0.1) is 0 Å². The largest absolute Gasteiger partial charge is 0.310 e. The first-order valence-electron chi connectivity index (χ1n) is 39.3. The summed E-state index contributed by atoms with van der Waals surface area (Å²) in [4.78, 5) is 0. The van der Waals surface area contributed by atoms with Crippen molar-refractivity contribution < 1.29 is 0 Å². The Morgan fingerprint density at radius 1 is 0.222 bits per heavy atom. The van der Waals surface area contributed by atoms with Crippen LogP contribution >= 0.6 is 0 Å². The zero-order chi connectivity index (χ0) is 74.4. The van der Waals surface area contributed by atoms with Gasteiger partial charge in [0.15, 0.2) is 0 Å². The van der Waals surface area contributed by atoms with Crippen LogP contribution in [0.3, 0.4) is 0 Å². The smallest absolute Gasteiger partial charge is 0.252 e. The van der Waals surface area contributed by atoms with Crippen LogP contribution in [-0.4, -0.2) is 29.4 Å². The number of hydrogen-bond acceptors (Lipinski definition) is 0. The lowest BCUT2D eigenvalue weighted by atomic mass is 9.34. The topological polar surface area (TPSA) is 24.1 Å². The maximum absolute atomic E-state index is 2.79. The molecule has 0 spiro atoms. The number of benzene rings is 13. The molecule has 0 fully saturated rings. The number of nitrogens with zero attached hydrogens (tertiary/aromatic N) is 5. The van der Waals surface area contributed by atoms with Crippen LogP contribution in [0.15, 0.2) is 231 Å². The average molecular weight is 1400 g/mol. The number of para-hydroxylation sites is 2. The normalized spacial score (nSPS) is 13.8. The predicted molar refractivity (Wildman–Crippen MR) is 468 cm³/mol. The third-order valence-corrected chi connectivity index (χ3v) is 25.3. The van der Waals surface area contributed by atoms with Crippen LogP contribution in [0.4, 0.5) is 0 Å². The molecule has 0 bridgehead atoms. The second kappa shape index (κ2) is 21.4. The molecule has 6 heteroatoms. The van der Waals surface area contributed by atoms with E-state index in [-0.39, 0.29) is 39.2 Å². The molecule has 0 N–H and O–H groups in total. The fraction of sp³-hybridized carbons (Fsp3) is 0.235. The summed E-state index contributed by atoms with van der Waals surface area (Å²) < 4.78 is 13.4. The molecule has 5 nitrogen and oxygen atoms in total. The van der Waals surface area contributed by atoms with Crippen molar-refractivity contribution in [1.82, 2.24) is 22.7 Å². The van der Waals surface area contributed by atoms with Gasteiger partial charge < -0.3 is 22.7 Å². The quantitative estimate of drug-likeness (QED) is 0.154. The molecule has 108 heavy (non-hydrogen) atoms. The van der Waals surface area contributed by atoms with Gasteiger partial charge >= 0.3 is 0 Å². The molecule has 21 rings (SSSR count). The molecule has 6 aromatic heterocycles. The van der Waals surface area contributed by atoms with E-state index >= 15 is 0 Å². The number of aromatic nitrogens is 5. The maximum atomic E-state index is 2.79. The molecule has 0 radical (unpaired) electrons. The Morgan fingerprint density at radius 3 is 1.07 bits per heavy atom. The van der Waals surface area contributed by atoms with E-state index in [1.54, 1.807) is 0 Å². The summed E-state index contributed by atoms with van der Waals surface area (Å²) in [5.74, 6) is 0. The van der Waals surface area contributed by atoms with Crippen LogP contribution in [0.5, 0.6) is 0 Å². The number of fused-ring (bicyclic) bond motifs is 27. The molecule has 2 aliphatic heterocycles. The lowest BCUT2D eigenvalue weighted by Crippen LogP contribution is -2.59. The first kappa shape index (κ1) is 65.2. The molecule has 0 saturated heterocycles. The number of rotatable bonds is 2. The van der Waals surface area contributed by atoms with Crippen LogP contribution in [0.25, 0.3) is 170 Å². The van der Waals surface area contributed by atoms with Crippen LogP contribution in [0, 0.1) is 0 Å². The first-order valence-corrected chi connectivity index (χ1v) is 39.3.